The maximum atomic E-state index is 13.6. The van der Waals surface area contributed by atoms with Crippen molar-refractivity contribution in [1.82, 2.24) is 4.90 Å². The van der Waals surface area contributed by atoms with Gasteiger partial charge in [-0.1, -0.05) is 44.2 Å². The standard InChI is InChI=1S/C32H40N2O6S2/c1-18(2)10-25(33)31(36)39-9-5-6-21-15-27(22-13-23(37-3)16-24(14-22)38-4)40-28(21)17-29-30(35)34(32(41)42-29)26-12-19-7-8-20(26)11-19/h13-20,25-26H,5-12,33H2,1-4H3/t19?,20?,25-,26?/m0/s1. The Morgan fingerprint density at radius 2 is 1.90 bits per heavy atom. The van der Waals surface area contributed by atoms with Crippen molar-refractivity contribution in [2.24, 2.45) is 23.5 Å². The Hall–Kier alpha value is -2.82. The summed E-state index contributed by atoms with van der Waals surface area (Å²) in [6.07, 6.45) is 8.22. The second kappa shape index (κ2) is 13.2. The fourth-order valence-corrected chi connectivity index (χ4v) is 7.76. The number of fused-ring (bicyclic) bond motifs is 2. The van der Waals surface area contributed by atoms with Gasteiger partial charge in [-0.25, -0.2) is 0 Å². The molecule has 3 aliphatic rings. The number of thiocarbonyl (C=S) groups is 1. The van der Waals surface area contributed by atoms with Crippen LogP contribution < -0.4 is 15.2 Å². The van der Waals surface area contributed by atoms with Gasteiger partial charge in [0.15, 0.2) is 0 Å². The minimum atomic E-state index is -0.624. The predicted octanol–water partition coefficient (Wildman–Crippen LogP) is 6.20. The third-order valence-corrected chi connectivity index (χ3v) is 9.79. The van der Waals surface area contributed by atoms with Crippen molar-refractivity contribution in [2.75, 3.05) is 20.8 Å². The van der Waals surface area contributed by atoms with E-state index in [1.807, 2.05) is 43.0 Å². The zero-order chi connectivity index (χ0) is 30.0. The zero-order valence-corrected chi connectivity index (χ0v) is 26.4. The summed E-state index contributed by atoms with van der Waals surface area (Å²) in [6, 6.07) is 7.09. The van der Waals surface area contributed by atoms with Gasteiger partial charge in [0.1, 0.15) is 33.4 Å². The Labute approximate surface area is 257 Å². The predicted molar refractivity (Wildman–Crippen MR) is 168 cm³/mol. The molecular weight excluding hydrogens is 572 g/mol. The van der Waals surface area contributed by atoms with Gasteiger partial charge in [-0.15, -0.1) is 0 Å². The number of methoxy groups -OCH3 is 2. The number of aryl methyl sites for hydroxylation is 1. The van der Waals surface area contributed by atoms with Crippen molar-refractivity contribution in [1.29, 1.82) is 0 Å². The van der Waals surface area contributed by atoms with Gasteiger partial charge in [0.25, 0.3) is 5.91 Å². The van der Waals surface area contributed by atoms with Crippen molar-refractivity contribution in [2.45, 2.75) is 70.9 Å². The molecule has 3 fully saturated rings. The molecule has 0 spiro atoms. The molecule has 1 saturated heterocycles. The molecule has 42 heavy (non-hydrogen) atoms. The van der Waals surface area contributed by atoms with Crippen LogP contribution in [0.2, 0.25) is 0 Å². The van der Waals surface area contributed by atoms with Crippen molar-refractivity contribution < 1.29 is 28.2 Å². The molecule has 5 rings (SSSR count). The summed E-state index contributed by atoms with van der Waals surface area (Å²) in [4.78, 5) is 28.3. The number of ether oxygens (including phenoxy) is 3. The highest BCUT2D eigenvalue weighted by molar-refractivity contribution is 8.26. The number of hydrogen-bond acceptors (Lipinski definition) is 9. The molecule has 10 heteroatoms. The molecule has 4 atom stereocenters. The molecule has 2 aliphatic carbocycles. The fraction of sp³-hybridized carbons (Fsp3) is 0.531. The number of carbonyl (C=O) groups excluding carboxylic acids is 2. The van der Waals surface area contributed by atoms with E-state index in [0.29, 0.717) is 69.3 Å². The minimum absolute atomic E-state index is 0.0393. The van der Waals surface area contributed by atoms with Gasteiger partial charge in [0.2, 0.25) is 0 Å². The second-order valence-electron chi connectivity index (χ2n) is 11.9. The number of thioether (sulfide) groups is 1. The fourth-order valence-electron chi connectivity index (χ4n) is 6.41. The van der Waals surface area contributed by atoms with Crippen molar-refractivity contribution >= 4 is 46.3 Å². The summed E-state index contributed by atoms with van der Waals surface area (Å²) < 4.78 is 23.4. The van der Waals surface area contributed by atoms with E-state index in [-0.39, 0.29) is 24.5 Å². The molecule has 0 radical (unpaired) electrons. The zero-order valence-electron chi connectivity index (χ0n) is 24.7. The van der Waals surface area contributed by atoms with Crippen LogP contribution in [0.25, 0.3) is 17.4 Å². The third-order valence-electron chi connectivity index (χ3n) is 8.46. The average Bonchev–Trinajstić information content (AvgIpc) is 3.75. The number of nitrogens with zero attached hydrogens (tertiary/aromatic N) is 1. The monoisotopic (exact) mass is 612 g/mol. The highest BCUT2D eigenvalue weighted by Crippen LogP contribution is 2.49. The molecule has 2 aromatic rings. The smallest absolute Gasteiger partial charge is 0.322 e. The number of benzene rings is 1. The van der Waals surface area contributed by atoms with Crippen LogP contribution in [0.3, 0.4) is 0 Å². The Morgan fingerprint density at radius 3 is 2.52 bits per heavy atom. The Balaban J connectivity index is 1.37. The van der Waals surface area contributed by atoms with E-state index in [1.54, 1.807) is 20.3 Å². The number of esters is 1. The summed E-state index contributed by atoms with van der Waals surface area (Å²) in [5, 5.41) is 0. The number of furan rings is 1. The lowest BCUT2D eigenvalue weighted by Gasteiger charge is -2.30. The lowest BCUT2D eigenvalue weighted by Crippen LogP contribution is -2.41. The summed E-state index contributed by atoms with van der Waals surface area (Å²) in [7, 11) is 3.20. The molecule has 2 heterocycles. The highest BCUT2D eigenvalue weighted by atomic mass is 32.2. The summed E-state index contributed by atoms with van der Waals surface area (Å²) in [5.74, 6) is 3.62. The van der Waals surface area contributed by atoms with E-state index < -0.39 is 6.04 Å². The second-order valence-corrected chi connectivity index (χ2v) is 13.6. The third kappa shape index (κ3) is 6.71. The first-order chi connectivity index (χ1) is 20.2. The quantitative estimate of drug-likeness (QED) is 0.130. The molecule has 2 bridgehead atoms. The van der Waals surface area contributed by atoms with Gasteiger partial charge in [0.05, 0.1) is 25.7 Å². The topological polar surface area (TPSA) is 104 Å². The molecule has 1 aromatic heterocycles. The average molecular weight is 613 g/mol. The van der Waals surface area contributed by atoms with Crippen LogP contribution in [-0.2, 0) is 20.7 Å². The first-order valence-electron chi connectivity index (χ1n) is 14.7. The van der Waals surface area contributed by atoms with Crippen molar-refractivity contribution in [3.63, 3.8) is 0 Å². The van der Waals surface area contributed by atoms with Crippen LogP contribution in [0, 0.1) is 17.8 Å². The number of hydrogen-bond donors (Lipinski definition) is 1. The highest BCUT2D eigenvalue weighted by Gasteiger charge is 2.48. The van der Waals surface area contributed by atoms with E-state index in [4.69, 9.17) is 36.6 Å². The normalized spacial score (nSPS) is 23.3. The number of rotatable bonds is 12. The first-order valence-corrected chi connectivity index (χ1v) is 15.9. The molecule has 8 nitrogen and oxygen atoms in total. The summed E-state index contributed by atoms with van der Waals surface area (Å²) in [6.45, 7) is 4.28. The van der Waals surface area contributed by atoms with E-state index in [0.717, 1.165) is 17.5 Å². The van der Waals surface area contributed by atoms with E-state index >= 15 is 0 Å². The Bertz CT molecular complexity index is 1350. The van der Waals surface area contributed by atoms with Crippen molar-refractivity contribution in [3.05, 3.63) is 40.5 Å². The molecule has 1 amide bonds. The lowest BCUT2D eigenvalue weighted by molar-refractivity contribution is -0.145. The van der Waals surface area contributed by atoms with Gasteiger partial charge in [-0.2, -0.15) is 0 Å². The molecule has 3 unspecified atom stereocenters. The van der Waals surface area contributed by atoms with Gasteiger partial charge in [-0.3, -0.25) is 14.5 Å². The summed E-state index contributed by atoms with van der Waals surface area (Å²) in [5.41, 5.74) is 7.66. The molecule has 2 N–H and O–H groups in total. The van der Waals surface area contributed by atoms with Crippen LogP contribution in [0.1, 0.15) is 63.7 Å². The van der Waals surface area contributed by atoms with Gasteiger partial charge < -0.3 is 24.4 Å². The number of amides is 1. The Morgan fingerprint density at radius 1 is 1.17 bits per heavy atom. The van der Waals surface area contributed by atoms with Crippen molar-refractivity contribution in [3.8, 4) is 22.8 Å². The van der Waals surface area contributed by atoms with E-state index in [9.17, 15) is 9.59 Å². The lowest BCUT2D eigenvalue weighted by atomic mass is 9.94. The van der Waals surface area contributed by atoms with Gasteiger partial charge >= 0.3 is 5.97 Å². The maximum Gasteiger partial charge on any atom is 0.322 e. The maximum absolute atomic E-state index is 13.6. The van der Waals surface area contributed by atoms with E-state index in [2.05, 4.69) is 0 Å². The Kier molecular flexibility index (Phi) is 9.64. The number of nitrogens with two attached hydrogens (primary N) is 1. The largest absolute Gasteiger partial charge is 0.497 e. The number of carbonyl (C=O) groups is 2. The van der Waals surface area contributed by atoms with E-state index in [1.165, 1.54) is 31.0 Å². The molecule has 2 saturated carbocycles. The van der Waals surface area contributed by atoms with Crippen LogP contribution in [0.5, 0.6) is 11.5 Å². The minimum Gasteiger partial charge on any atom is -0.497 e. The van der Waals surface area contributed by atoms with Crippen LogP contribution >= 0.6 is 24.0 Å². The van der Waals surface area contributed by atoms with Crippen LogP contribution in [-0.4, -0.2) is 54.0 Å². The molecule has 226 valence electrons. The molecule has 1 aliphatic heterocycles. The SMILES string of the molecule is COc1cc(OC)cc(-c2cc(CCCOC(=O)[C@@H](N)CC(C)C)c(C=C3SC(=S)N(C4CC5CCC4C5)C3=O)o2)c1. The van der Waals surface area contributed by atoms with Crippen LogP contribution in [0.15, 0.2) is 33.6 Å². The summed E-state index contributed by atoms with van der Waals surface area (Å²) >= 11 is 7.04. The van der Waals surface area contributed by atoms with Gasteiger partial charge in [-0.05, 0) is 80.0 Å². The van der Waals surface area contributed by atoms with Crippen LogP contribution in [0.4, 0.5) is 0 Å². The molecular formula is C32H40N2O6S2. The molecule has 1 aromatic carbocycles. The first kappa shape index (κ1) is 30.6. The van der Waals surface area contributed by atoms with Gasteiger partial charge in [0, 0.05) is 23.7 Å².